The molecule has 1 heterocycles. The number of carbonyl (C=O) groups is 1. The minimum absolute atomic E-state index is 0.00170. The number of aliphatic hydroxyl groups is 1. The summed E-state index contributed by atoms with van der Waals surface area (Å²) in [5, 5.41) is 13.3. The lowest BCUT2D eigenvalue weighted by Gasteiger charge is -2.02. The molecule has 1 amide bonds. The van der Waals surface area contributed by atoms with E-state index in [-0.39, 0.29) is 12.5 Å². The van der Waals surface area contributed by atoms with E-state index in [1.54, 1.807) is 11.3 Å². The van der Waals surface area contributed by atoms with Crippen LogP contribution in [0.25, 0.3) is 0 Å². The minimum atomic E-state index is -0.00170. The van der Waals surface area contributed by atoms with Gasteiger partial charge in [-0.25, -0.2) is 0 Å². The van der Waals surface area contributed by atoms with Crippen molar-refractivity contribution in [3.63, 3.8) is 0 Å². The van der Waals surface area contributed by atoms with E-state index in [0.29, 0.717) is 6.54 Å². The Kier molecular flexibility index (Phi) is 6.19. The highest BCUT2D eigenvalue weighted by Crippen LogP contribution is 2.16. The van der Waals surface area contributed by atoms with Crippen molar-refractivity contribution in [2.45, 2.75) is 19.3 Å². The lowest BCUT2D eigenvalue weighted by Crippen LogP contribution is -2.23. The van der Waals surface area contributed by atoms with Crippen molar-refractivity contribution >= 4 is 39.8 Å². The van der Waals surface area contributed by atoms with Gasteiger partial charge in [0.25, 0.3) is 5.91 Å². The summed E-state index contributed by atoms with van der Waals surface area (Å²) in [5.41, 5.74) is 0.742. The fourth-order valence-corrected chi connectivity index (χ4v) is 2.47. The summed E-state index contributed by atoms with van der Waals surface area (Å²) < 4.78 is 1.12. The quantitative estimate of drug-likeness (QED) is 0.617. The molecule has 0 saturated heterocycles. The van der Waals surface area contributed by atoms with Crippen molar-refractivity contribution in [3.8, 4) is 0 Å². The second kappa shape index (κ2) is 7.19. The number of hydrogen-bond donors (Lipinski definition) is 2. The molecular formula is C10H14INO2S. The third-order valence-corrected chi connectivity index (χ3v) is 3.74. The molecule has 3 nitrogen and oxygen atoms in total. The first kappa shape index (κ1) is 12.9. The highest BCUT2D eigenvalue weighted by Gasteiger charge is 2.06. The van der Waals surface area contributed by atoms with E-state index in [0.717, 1.165) is 27.7 Å². The average molecular weight is 339 g/mol. The molecule has 0 radical (unpaired) electrons. The number of rotatable bonds is 6. The maximum Gasteiger partial charge on any atom is 0.252 e. The molecule has 5 heteroatoms. The van der Waals surface area contributed by atoms with Crippen LogP contribution in [0.2, 0.25) is 0 Å². The molecule has 2 N–H and O–H groups in total. The zero-order valence-corrected chi connectivity index (χ0v) is 11.3. The lowest BCUT2D eigenvalue weighted by atomic mass is 10.2. The predicted octanol–water partition coefficient (Wildman–Crippen LogP) is 2.25. The Balaban J connectivity index is 2.19. The molecule has 1 rings (SSSR count). The molecule has 15 heavy (non-hydrogen) atoms. The van der Waals surface area contributed by atoms with E-state index in [2.05, 4.69) is 27.9 Å². The van der Waals surface area contributed by atoms with Gasteiger partial charge in [-0.05, 0) is 47.9 Å². The van der Waals surface area contributed by atoms with Crippen molar-refractivity contribution in [2.24, 2.45) is 0 Å². The first-order chi connectivity index (χ1) is 7.24. The molecule has 0 unspecified atom stereocenters. The largest absolute Gasteiger partial charge is 0.396 e. The Bertz CT molecular complexity index is 314. The summed E-state index contributed by atoms with van der Waals surface area (Å²) in [4.78, 5) is 11.5. The molecule has 0 fully saturated rings. The fourth-order valence-electron chi connectivity index (χ4n) is 1.15. The normalized spacial score (nSPS) is 10.3. The first-order valence-electron chi connectivity index (χ1n) is 4.87. The second-order valence-corrected chi connectivity index (χ2v) is 5.99. The van der Waals surface area contributed by atoms with Gasteiger partial charge in [-0.3, -0.25) is 4.79 Å². The Morgan fingerprint density at radius 2 is 2.27 bits per heavy atom. The van der Waals surface area contributed by atoms with Crippen LogP contribution in [0.3, 0.4) is 0 Å². The van der Waals surface area contributed by atoms with Gasteiger partial charge in [0.1, 0.15) is 0 Å². The van der Waals surface area contributed by atoms with Gasteiger partial charge in [0.15, 0.2) is 0 Å². The maximum absolute atomic E-state index is 11.5. The van der Waals surface area contributed by atoms with Gasteiger partial charge in [0.05, 0.1) is 8.45 Å². The van der Waals surface area contributed by atoms with E-state index in [9.17, 15) is 4.79 Å². The minimum Gasteiger partial charge on any atom is -0.396 e. The number of nitrogens with one attached hydrogen (secondary N) is 1. The van der Waals surface area contributed by atoms with Gasteiger partial charge in [0, 0.05) is 18.5 Å². The topological polar surface area (TPSA) is 49.3 Å². The van der Waals surface area contributed by atoms with E-state index in [4.69, 9.17) is 5.11 Å². The molecule has 84 valence electrons. The maximum atomic E-state index is 11.5. The summed E-state index contributed by atoms with van der Waals surface area (Å²) in [6.45, 7) is 0.919. The van der Waals surface area contributed by atoms with Gasteiger partial charge < -0.3 is 10.4 Å². The third-order valence-electron chi connectivity index (χ3n) is 1.95. The fraction of sp³-hybridized carbons (Fsp3) is 0.500. The van der Waals surface area contributed by atoms with Crippen LogP contribution in [0, 0.1) is 2.88 Å². The molecule has 0 aliphatic carbocycles. The SMILES string of the molecule is O=C(NCCCCCO)c1csc(I)c1. The standard InChI is InChI=1S/C10H14INO2S/c11-9-6-8(7-15-9)10(14)12-4-2-1-3-5-13/h6-7,13H,1-5H2,(H,12,14). The van der Waals surface area contributed by atoms with Crippen LogP contribution in [0.5, 0.6) is 0 Å². The third kappa shape index (κ3) is 4.94. The second-order valence-electron chi connectivity index (χ2n) is 3.18. The molecule has 1 aromatic rings. The van der Waals surface area contributed by atoms with Gasteiger partial charge in [-0.15, -0.1) is 11.3 Å². The summed E-state index contributed by atoms with van der Waals surface area (Å²) >= 11 is 3.77. The number of halogens is 1. The highest BCUT2D eigenvalue weighted by atomic mass is 127. The Morgan fingerprint density at radius 3 is 2.87 bits per heavy atom. The Labute approximate surface area is 107 Å². The van der Waals surface area contributed by atoms with E-state index in [1.165, 1.54) is 0 Å². The van der Waals surface area contributed by atoms with Crippen LogP contribution in [0.1, 0.15) is 29.6 Å². The number of carbonyl (C=O) groups excluding carboxylic acids is 1. The first-order valence-corrected chi connectivity index (χ1v) is 6.83. The van der Waals surface area contributed by atoms with Crippen LogP contribution in [-0.4, -0.2) is 24.2 Å². The molecule has 0 aromatic carbocycles. The van der Waals surface area contributed by atoms with Crippen LogP contribution >= 0.6 is 33.9 Å². The van der Waals surface area contributed by atoms with Gasteiger partial charge in [0.2, 0.25) is 0 Å². The average Bonchev–Trinajstić information content (AvgIpc) is 2.64. The smallest absolute Gasteiger partial charge is 0.252 e. The number of unbranched alkanes of at least 4 members (excludes halogenated alkanes) is 2. The number of thiophene rings is 1. The van der Waals surface area contributed by atoms with Crippen LogP contribution in [0.4, 0.5) is 0 Å². The van der Waals surface area contributed by atoms with Crippen molar-refractivity contribution in [1.82, 2.24) is 5.32 Å². The number of aliphatic hydroxyl groups excluding tert-OH is 1. The van der Waals surface area contributed by atoms with Crippen molar-refractivity contribution in [2.75, 3.05) is 13.2 Å². The van der Waals surface area contributed by atoms with Gasteiger partial charge >= 0.3 is 0 Å². The summed E-state index contributed by atoms with van der Waals surface area (Å²) in [5.74, 6) is -0.00170. The Hall–Kier alpha value is -0.140. The molecule has 0 aliphatic rings. The summed E-state index contributed by atoms with van der Waals surface area (Å²) in [6.07, 6.45) is 2.69. The highest BCUT2D eigenvalue weighted by molar-refractivity contribution is 14.1. The van der Waals surface area contributed by atoms with E-state index in [1.807, 2.05) is 11.4 Å². The van der Waals surface area contributed by atoms with E-state index >= 15 is 0 Å². The summed E-state index contributed by atoms with van der Waals surface area (Å²) in [6, 6.07) is 1.88. The lowest BCUT2D eigenvalue weighted by molar-refractivity contribution is 0.0953. The molecule has 0 saturated carbocycles. The molecular weight excluding hydrogens is 325 g/mol. The van der Waals surface area contributed by atoms with E-state index < -0.39 is 0 Å². The van der Waals surface area contributed by atoms with Crippen LogP contribution in [0.15, 0.2) is 11.4 Å². The zero-order valence-electron chi connectivity index (χ0n) is 8.33. The zero-order chi connectivity index (χ0) is 11.1. The van der Waals surface area contributed by atoms with Crippen LogP contribution < -0.4 is 5.32 Å². The molecule has 0 atom stereocenters. The molecule has 1 aromatic heterocycles. The number of amides is 1. The van der Waals surface area contributed by atoms with Crippen molar-refractivity contribution in [3.05, 3.63) is 19.9 Å². The predicted molar refractivity (Wildman–Crippen MR) is 70.3 cm³/mol. The van der Waals surface area contributed by atoms with Crippen LogP contribution in [-0.2, 0) is 0 Å². The number of hydrogen-bond acceptors (Lipinski definition) is 3. The van der Waals surface area contributed by atoms with Gasteiger partial charge in [-0.2, -0.15) is 0 Å². The Morgan fingerprint density at radius 1 is 1.47 bits per heavy atom. The molecule has 0 bridgehead atoms. The van der Waals surface area contributed by atoms with Gasteiger partial charge in [-0.1, -0.05) is 0 Å². The molecule has 0 aliphatic heterocycles. The summed E-state index contributed by atoms with van der Waals surface area (Å²) in [7, 11) is 0. The monoisotopic (exact) mass is 339 g/mol. The molecule has 0 spiro atoms. The van der Waals surface area contributed by atoms with Crippen molar-refractivity contribution < 1.29 is 9.90 Å². The van der Waals surface area contributed by atoms with Crippen molar-refractivity contribution in [1.29, 1.82) is 0 Å².